The van der Waals surface area contributed by atoms with Crippen molar-refractivity contribution in [3.8, 4) is 5.75 Å². The second-order valence-corrected chi connectivity index (χ2v) is 5.88. The van der Waals surface area contributed by atoms with E-state index in [-0.39, 0.29) is 11.8 Å². The maximum absolute atomic E-state index is 12.3. The molecule has 2 amide bonds. The van der Waals surface area contributed by atoms with Crippen molar-refractivity contribution in [2.24, 2.45) is 0 Å². The summed E-state index contributed by atoms with van der Waals surface area (Å²) in [5.41, 5.74) is 2.74. The molecule has 0 saturated heterocycles. The lowest BCUT2D eigenvalue weighted by atomic mass is 10.1. The van der Waals surface area contributed by atoms with Gasteiger partial charge in [0.05, 0.1) is 0 Å². The summed E-state index contributed by atoms with van der Waals surface area (Å²) in [5, 5.41) is 5.44. The Morgan fingerprint density at radius 3 is 2.40 bits per heavy atom. The molecule has 0 aliphatic rings. The number of aryl methyl sites for hydroxylation is 2. The number of amides is 2. The molecule has 0 aliphatic heterocycles. The lowest BCUT2D eigenvalue weighted by molar-refractivity contribution is -0.122. The topological polar surface area (TPSA) is 67.4 Å². The van der Waals surface area contributed by atoms with Crippen molar-refractivity contribution in [2.45, 2.75) is 32.8 Å². The van der Waals surface area contributed by atoms with Crippen molar-refractivity contribution >= 4 is 17.5 Å². The molecule has 0 aromatic heterocycles. The molecule has 0 heterocycles. The van der Waals surface area contributed by atoms with Gasteiger partial charge in [0.2, 0.25) is 5.91 Å². The maximum atomic E-state index is 12.3. The summed E-state index contributed by atoms with van der Waals surface area (Å²) in [4.78, 5) is 23.5. The summed E-state index contributed by atoms with van der Waals surface area (Å²) in [6, 6.07) is 15.1. The van der Waals surface area contributed by atoms with Crippen LogP contribution in [0.5, 0.6) is 5.75 Å². The zero-order chi connectivity index (χ0) is 18.2. The highest BCUT2D eigenvalue weighted by Crippen LogP contribution is 2.18. The number of ether oxygens (including phenoxy) is 1. The van der Waals surface area contributed by atoms with Gasteiger partial charge in [-0.05, 0) is 49.6 Å². The van der Waals surface area contributed by atoms with Crippen LogP contribution in [0.1, 0.15) is 24.5 Å². The van der Waals surface area contributed by atoms with E-state index in [1.807, 2.05) is 55.5 Å². The number of benzene rings is 2. The van der Waals surface area contributed by atoms with Gasteiger partial charge in [-0.2, -0.15) is 0 Å². The molecule has 2 aromatic carbocycles. The molecule has 2 N–H and O–H groups in total. The molecule has 25 heavy (non-hydrogen) atoms. The van der Waals surface area contributed by atoms with Crippen molar-refractivity contribution < 1.29 is 14.3 Å². The summed E-state index contributed by atoms with van der Waals surface area (Å²) in [5.74, 6) is 0.510. The molecular formula is C20H24N2O3. The van der Waals surface area contributed by atoms with Gasteiger partial charge in [0, 0.05) is 19.2 Å². The van der Waals surface area contributed by atoms with Crippen LogP contribution in [-0.4, -0.2) is 25.0 Å². The number of rotatable bonds is 7. The first-order valence-electron chi connectivity index (χ1n) is 8.32. The van der Waals surface area contributed by atoms with Gasteiger partial charge >= 0.3 is 0 Å². The third-order valence-corrected chi connectivity index (χ3v) is 3.91. The number of carbonyl (C=O) groups excluding carboxylic acids is 2. The smallest absolute Gasteiger partial charge is 0.265 e. The molecular weight excluding hydrogens is 316 g/mol. The molecule has 0 bridgehead atoms. The van der Waals surface area contributed by atoms with Crippen molar-refractivity contribution in [3.05, 3.63) is 59.7 Å². The first kappa shape index (κ1) is 18.5. The summed E-state index contributed by atoms with van der Waals surface area (Å²) in [7, 11) is 1.63. The monoisotopic (exact) mass is 340 g/mol. The largest absolute Gasteiger partial charge is 0.481 e. The molecule has 0 fully saturated rings. The predicted octanol–water partition coefficient (Wildman–Crippen LogP) is 3.08. The van der Waals surface area contributed by atoms with Gasteiger partial charge < -0.3 is 15.4 Å². The van der Waals surface area contributed by atoms with Gasteiger partial charge in [0.25, 0.3) is 5.91 Å². The van der Waals surface area contributed by atoms with E-state index in [0.29, 0.717) is 24.3 Å². The van der Waals surface area contributed by atoms with Crippen molar-refractivity contribution in [1.82, 2.24) is 5.32 Å². The van der Waals surface area contributed by atoms with Crippen molar-refractivity contribution in [2.75, 3.05) is 12.4 Å². The average molecular weight is 340 g/mol. The van der Waals surface area contributed by atoms with Crippen LogP contribution in [0.4, 0.5) is 5.69 Å². The minimum atomic E-state index is -0.603. The Hall–Kier alpha value is -2.82. The fraction of sp³-hybridized carbons (Fsp3) is 0.300. The van der Waals surface area contributed by atoms with E-state index < -0.39 is 6.10 Å². The van der Waals surface area contributed by atoms with Crippen LogP contribution in [-0.2, 0) is 16.0 Å². The van der Waals surface area contributed by atoms with E-state index in [1.165, 1.54) is 0 Å². The Bertz CT molecular complexity index is 726. The minimum Gasteiger partial charge on any atom is -0.481 e. The summed E-state index contributed by atoms with van der Waals surface area (Å²) >= 11 is 0. The van der Waals surface area contributed by atoms with Crippen LogP contribution in [0.3, 0.4) is 0 Å². The summed E-state index contributed by atoms with van der Waals surface area (Å²) in [6.45, 7) is 3.66. The van der Waals surface area contributed by atoms with Gasteiger partial charge in [-0.15, -0.1) is 0 Å². The number of carbonyl (C=O) groups is 2. The zero-order valence-electron chi connectivity index (χ0n) is 14.8. The number of para-hydroxylation sites is 1. The van der Waals surface area contributed by atoms with Gasteiger partial charge in [-0.3, -0.25) is 9.59 Å². The van der Waals surface area contributed by atoms with Crippen LogP contribution < -0.4 is 15.4 Å². The lowest BCUT2D eigenvalue weighted by Crippen LogP contribution is -2.30. The number of hydrogen-bond acceptors (Lipinski definition) is 3. The van der Waals surface area contributed by atoms with Gasteiger partial charge in [0.1, 0.15) is 5.75 Å². The fourth-order valence-corrected chi connectivity index (χ4v) is 2.31. The molecule has 1 atom stereocenters. The van der Waals surface area contributed by atoms with E-state index in [2.05, 4.69) is 10.6 Å². The van der Waals surface area contributed by atoms with Crippen LogP contribution in [0.15, 0.2) is 48.5 Å². The van der Waals surface area contributed by atoms with E-state index in [4.69, 9.17) is 4.74 Å². The van der Waals surface area contributed by atoms with Crippen molar-refractivity contribution in [3.63, 3.8) is 0 Å². The number of anilines is 1. The van der Waals surface area contributed by atoms with Crippen LogP contribution >= 0.6 is 0 Å². The third-order valence-electron chi connectivity index (χ3n) is 3.91. The van der Waals surface area contributed by atoms with Gasteiger partial charge in [-0.1, -0.05) is 30.3 Å². The van der Waals surface area contributed by atoms with Crippen LogP contribution in [0.2, 0.25) is 0 Å². The van der Waals surface area contributed by atoms with E-state index in [0.717, 1.165) is 11.1 Å². The molecule has 0 aliphatic carbocycles. The van der Waals surface area contributed by atoms with Crippen molar-refractivity contribution in [1.29, 1.82) is 0 Å². The molecule has 2 rings (SSSR count). The zero-order valence-corrected chi connectivity index (χ0v) is 14.8. The quantitative estimate of drug-likeness (QED) is 0.814. The Morgan fingerprint density at radius 1 is 1.08 bits per heavy atom. The Labute approximate surface area is 148 Å². The molecule has 0 spiro atoms. The number of hydrogen-bond donors (Lipinski definition) is 2. The molecule has 2 aromatic rings. The van der Waals surface area contributed by atoms with Crippen LogP contribution in [0.25, 0.3) is 0 Å². The minimum absolute atomic E-state index is 0.0135. The van der Waals surface area contributed by atoms with E-state index in [1.54, 1.807) is 14.0 Å². The summed E-state index contributed by atoms with van der Waals surface area (Å²) < 4.78 is 5.72. The van der Waals surface area contributed by atoms with Crippen LogP contribution in [0, 0.1) is 6.92 Å². The third kappa shape index (κ3) is 5.64. The average Bonchev–Trinajstić information content (AvgIpc) is 2.62. The first-order chi connectivity index (χ1) is 12.0. The first-order valence-corrected chi connectivity index (χ1v) is 8.32. The molecule has 0 saturated carbocycles. The Balaban J connectivity index is 1.89. The summed E-state index contributed by atoms with van der Waals surface area (Å²) in [6.07, 6.45) is 0.513. The van der Waals surface area contributed by atoms with E-state index in [9.17, 15) is 9.59 Å². The highest BCUT2D eigenvalue weighted by molar-refractivity contribution is 5.94. The molecule has 132 valence electrons. The second-order valence-electron chi connectivity index (χ2n) is 5.88. The van der Waals surface area contributed by atoms with E-state index >= 15 is 0 Å². The predicted molar refractivity (Wildman–Crippen MR) is 98.7 cm³/mol. The van der Waals surface area contributed by atoms with Gasteiger partial charge in [0.15, 0.2) is 6.10 Å². The second kappa shape index (κ2) is 8.87. The standard InChI is InChI=1S/C20H24N2O3/c1-14-6-4-5-7-18(14)25-15(2)20(24)22-17-11-8-16(9-12-17)10-13-19(23)21-3/h4-9,11-12,15H,10,13H2,1-3H3,(H,21,23)(H,22,24). The Morgan fingerprint density at radius 2 is 1.76 bits per heavy atom. The Kier molecular flexibility index (Phi) is 6.57. The number of nitrogens with one attached hydrogen (secondary N) is 2. The molecule has 0 radical (unpaired) electrons. The fourth-order valence-electron chi connectivity index (χ4n) is 2.31. The molecule has 5 heteroatoms. The SMILES string of the molecule is CNC(=O)CCc1ccc(NC(=O)C(C)Oc2ccccc2C)cc1. The maximum Gasteiger partial charge on any atom is 0.265 e. The normalized spacial score (nSPS) is 11.5. The molecule has 5 nitrogen and oxygen atoms in total. The highest BCUT2D eigenvalue weighted by atomic mass is 16.5. The highest BCUT2D eigenvalue weighted by Gasteiger charge is 2.15. The lowest BCUT2D eigenvalue weighted by Gasteiger charge is -2.16. The van der Waals surface area contributed by atoms with Gasteiger partial charge in [-0.25, -0.2) is 0 Å². The molecule has 1 unspecified atom stereocenters.